The van der Waals surface area contributed by atoms with Gasteiger partial charge >= 0.3 is 0 Å². The predicted octanol–water partition coefficient (Wildman–Crippen LogP) is 6.45. The van der Waals surface area contributed by atoms with Crippen LogP contribution in [0.1, 0.15) is 33.0 Å². The number of carbonyl (C=O) groups excluding carboxylic acids is 2. The second kappa shape index (κ2) is 9.50. The van der Waals surface area contributed by atoms with Gasteiger partial charge in [0.15, 0.2) is 5.78 Å². The zero-order valence-corrected chi connectivity index (χ0v) is 21.6. The van der Waals surface area contributed by atoms with Gasteiger partial charge in [-0.25, -0.2) is 4.39 Å². The highest BCUT2D eigenvalue weighted by Crippen LogP contribution is 2.57. The first-order chi connectivity index (χ1) is 18.4. The number of likely N-dealkylation sites (tertiary alicyclic amines) is 1. The van der Waals surface area contributed by atoms with Crippen LogP contribution in [0, 0.1) is 11.7 Å². The van der Waals surface area contributed by atoms with Crippen LogP contribution in [0.3, 0.4) is 0 Å². The van der Waals surface area contributed by atoms with Gasteiger partial charge in [0.2, 0.25) is 0 Å². The van der Waals surface area contributed by atoms with Crippen molar-refractivity contribution in [1.29, 1.82) is 0 Å². The highest BCUT2D eigenvalue weighted by Gasteiger charge is 2.66. The molecule has 6 rings (SSSR count). The molecule has 4 aromatic carbocycles. The summed E-state index contributed by atoms with van der Waals surface area (Å²) < 4.78 is 13.9. The minimum Gasteiger partial charge on any atom is -0.306 e. The number of Topliss-reactive ketones (excluding diaryl/α,β-unsaturated/α-hetero) is 1. The van der Waals surface area contributed by atoms with Gasteiger partial charge in [-0.2, -0.15) is 0 Å². The van der Waals surface area contributed by atoms with Crippen molar-refractivity contribution >= 4 is 29.0 Å². The van der Waals surface area contributed by atoms with Gasteiger partial charge in [-0.3, -0.25) is 14.5 Å². The van der Waals surface area contributed by atoms with Gasteiger partial charge in [-0.05, 0) is 48.5 Å². The van der Waals surface area contributed by atoms with Crippen LogP contribution in [0.4, 0.5) is 10.1 Å². The van der Waals surface area contributed by atoms with E-state index in [0.717, 1.165) is 22.4 Å². The number of carbonyl (C=O) groups is 2. The van der Waals surface area contributed by atoms with Crippen molar-refractivity contribution in [2.45, 2.75) is 18.0 Å². The summed E-state index contributed by atoms with van der Waals surface area (Å²) in [5, 5.41) is 0.601. The van der Waals surface area contributed by atoms with Gasteiger partial charge in [0.05, 0.1) is 12.5 Å². The van der Waals surface area contributed by atoms with Gasteiger partial charge in [-0.1, -0.05) is 84.4 Å². The summed E-state index contributed by atoms with van der Waals surface area (Å²) in [6, 6.07) is 30.6. The largest absolute Gasteiger partial charge is 0.306 e. The predicted molar refractivity (Wildman–Crippen MR) is 147 cm³/mol. The lowest BCUT2D eigenvalue weighted by atomic mass is 9.70. The summed E-state index contributed by atoms with van der Waals surface area (Å²) in [7, 11) is 1.91. The molecular formula is C32H26ClFN2O2. The van der Waals surface area contributed by atoms with Crippen LogP contribution in [0.25, 0.3) is 0 Å². The molecule has 0 radical (unpaired) electrons. The molecule has 4 nitrogen and oxygen atoms in total. The molecule has 1 fully saturated rings. The maximum Gasteiger partial charge on any atom is 0.253 e. The number of rotatable bonds is 5. The van der Waals surface area contributed by atoms with E-state index in [1.807, 2.05) is 72.6 Å². The van der Waals surface area contributed by atoms with Gasteiger partial charge < -0.3 is 4.90 Å². The van der Waals surface area contributed by atoms with E-state index in [9.17, 15) is 14.0 Å². The number of fused-ring (bicyclic) bond motifs is 2. The molecule has 1 spiro atoms. The first kappa shape index (κ1) is 24.5. The summed E-state index contributed by atoms with van der Waals surface area (Å²) in [5.74, 6) is -1.59. The van der Waals surface area contributed by atoms with E-state index in [0.29, 0.717) is 23.7 Å². The van der Waals surface area contributed by atoms with Gasteiger partial charge in [0.1, 0.15) is 11.4 Å². The average Bonchev–Trinajstić information content (AvgIpc) is 3.37. The zero-order chi connectivity index (χ0) is 26.4. The van der Waals surface area contributed by atoms with Crippen LogP contribution in [0.5, 0.6) is 0 Å². The molecule has 0 aliphatic carbocycles. The molecule has 0 bridgehead atoms. The second-order valence-electron chi connectivity index (χ2n) is 10.1. The Balaban J connectivity index is 1.54. The van der Waals surface area contributed by atoms with Crippen LogP contribution in [-0.2, 0) is 16.9 Å². The first-order valence-electron chi connectivity index (χ1n) is 12.6. The Hall–Kier alpha value is -3.80. The second-order valence-corrected chi connectivity index (χ2v) is 10.5. The van der Waals surface area contributed by atoms with Crippen LogP contribution in [-0.4, -0.2) is 30.2 Å². The molecule has 2 aliphatic heterocycles. The quantitative estimate of drug-likeness (QED) is 0.282. The van der Waals surface area contributed by atoms with Crippen molar-refractivity contribution < 1.29 is 14.0 Å². The van der Waals surface area contributed by atoms with Crippen molar-refractivity contribution in [3.05, 3.63) is 136 Å². The fourth-order valence-corrected chi connectivity index (χ4v) is 6.55. The third kappa shape index (κ3) is 3.77. The Bertz CT molecular complexity index is 1520. The highest BCUT2D eigenvalue weighted by molar-refractivity contribution is 6.30. The summed E-state index contributed by atoms with van der Waals surface area (Å²) >= 11 is 6.26. The molecule has 2 aliphatic rings. The molecule has 6 heteroatoms. The van der Waals surface area contributed by atoms with Gasteiger partial charge in [0.25, 0.3) is 5.91 Å². The lowest BCUT2D eigenvalue weighted by molar-refractivity contribution is -0.129. The van der Waals surface area contributed by atoms with Crippen molar-refractivity contribution in [3.63, 3.8) is 0 Å². The normalized spacial score (nSPS) is 22.7. The minimum atomic E-state index is -1.21. The number of likely N-dealkylation sites (N-methyl/N-ethyl adjacent to an activating group) is 1. The number of hydrogen-bond donors (Lipinski definition) is 0. The van der Waals surface area contributed by atoms with Crippen molar-refractivity contribution in [2.24, 2.45) is 5.92 Å². The Kier molecular flexibility index (Phi) is 6.13. The molecule has 0 aromatic heterocycles. The van der Waals surface area contributed by atoms with Gasteiger partial charge in [-0.15, -0.1) is 0 Å². The van der Waals surface area contributed by atoms with Crippen molar-refractivity contribution in [1.82, 2.24) is 4.90 Å². The van der Waals surface area contributed by atoms with Crippen molar-refractivity contribution in [2.75, 3.05) is 18.5 Å². The summed E-state index contributed by atoms with van der Waals surface area (Å²) in [6.07, 6.45) is 0. The molecular weight excluding hydrogens is 499 g/mol. The maximum absolute atomic E-state index is 14.7. The number of para-hydroxylation sites is 1. The Morgan fingerprint density at radius 3 is 2.39 bits per heavy atom. The third-order valence-corrected chi connectivity index (χ3v) is 8.21. The molecule has 0 unspecified atom stereocenters. The number of halogens is 2. The lowest BCUT2D eigenvalue weighted by Crippen LogP contribution is -2.53. The van der Waals surface area contributed by atoms with Gasteiger partial charge in [0, 0.05) is 34.3 Å². The number of nitrogens with zero attached hydrogens (tertiary/aromatic N) is 2. The summed E-state index contributed by atoms with van der Waals surface area (Å²) in [4.78, 5) is 32.9. The number of amides is 1. The standard InChI is InChI=1S/C32H26ClFN2O2/c1-35-20-26(22-14-16-25(34)17-15-22)29(30(37)23-9-3-2-4-10-23)32(35)27-12-5-6-13-28(27)36(31(32)38)19-21-8-7-11-24(33)18-21/h2-18,26,29H,19-20H2,1H3/t26-,29-,32-/m1/s1. The van der Waals surface area contributed by atoms with E-state index in [4.69, 9.17) is 11.6 Å². The Morgan fingerprint density at radius 1 is 0.947 bits per heavy atom. The summed E-state index contributed by atoms with van der Waals surface area (Å²) in [6.45, 7) is 0.805. The maximum atomic E-state index is 14.7. The van der Waals surface area contributed by atoms with E-state index in [-0.39, 0.29) is 23.4 Å². The lowest BCUT2D eigenvalue weighted by Gasteiger charge is -2.36. The smallest absolute Gasteiger partial charge is 0.253 e. The number of anilines is 1. The minimum absolute atomic E-state index is 0.1000. The monoisotopic (exact) mass is 524 g/mol. The fourth-order valence-electron chi connectivity index (χ4n) is 6.34. The topological polar surface area (TPSA) is 40.6 Å². The summed E-state index contributed by atoms with van der Waals surface area (Å²) in [5.41, 5.74) is 2.69. The van der Waals surface area contributed by atoms with Crippen LogP contribution in [0.2, 0.25) is 5.02 Å². The van der Waals surface area contributed by atoms with E-state index in [1.165, 1.54) is 12.1 Å². The number of benzene rings is 4. The van der Waals surface area contributed by atoms with E-state index >= 15 is 0 Å². The van der Waals surface area contributed by atoms with E-state index in [2.05, 4.69) is 0 Å². The molecule has 3 atom stereocenters. The molecule has 0 N–H and O–H groups in total. The highest BCUT2D eigenvalue weighted by atomic mass is 35.5. The molecule has 38 heavy (non-hydrogen) atoms. The third-order valence-electron chi connectivity index (χ3n) is 7.97. The van der Waals surface area contributed by atoms with Crippen LogP contribution < -0.4 is 4.90 Å². The SMILES string of the molecule is CN1C[C@H](c2ccc(F)cc2)[C@H](C(=O)c2ccccc2)[C@]12C(=O)N(Cc1cccc(Cl)c1)c1ccccc12. The zero-order valence-electron chi connectivity index (χ0n) is 20.9. The van der Waals surface area contributed by atoms with Crippen LogP contribution >= 0.6 is 11.6 Å². The van der Waals surface area contributed by atoms with E-state index in [1.54, 1.807) is 35.2 Å². The molecule has 1 amide bonds. The van der Waals surface area contributed by atoms with Crippen LogP contribution in [0.15, 0.2) is 103 Å². The van der Waals surface area contributed by atoms with E-state index < -0.39 is 11.5 Å². The fraction of sp³-hybridized carbons (Fsp3) is 0.188. The number of hydrogen-bond acceptors (Lipinski definition) is 3. The first-order valence-corrected chi connectivity index (χ1v) is 13.0. The Labute approximate surface area is 226 Å². The number of ketones is 1. The molecule has 4 aromatic rings. The molecule has 1 saturated heterocycles. The molecule has 2 heterocycles. The molecule has 190 valence electrons. The Morgan fingerprint density at radius 2 is 1.66 bits per heavy atom. The van der Waals surface area contributed by atoms with Crippen molar-refractivity contribution in [3.8, 4) is 0 Å². The average molecular weight is 525 g/mol. The molecule has 0 saturated carbocycles.